The van der Waals surface area contributed by atoms with Crippen LogP contribution in [0.2, 0.25) is 5.02 Å². The van der Waals surface area contributed by atoms with Crippen LogP contribution in [0.1, 0.15) is 57.6 Å². The quantitative estimate of drug-likeness (QED) is 0.408. The number of aryl methyl sites for hydroxylation is 1. The molecule has 11 heteroatoms. The van der Waals surface area contributed by atoms with E-state index in [9.17, 15) is 13.8 Å². The predicted octanol–water partition coefficient (Wildman–Crippen LogP) is 5.87. The Morgan fingerprint density at radius 1 is 1.16 bits per heavy atom. The molecule has 4 atom stereocenters. The molecule has 0 radical (unpaired) electrons. The Morgan fingerprint density at radius 3 is 2.70 bits per heavy atom. The number of halogens is 1. The Hall–Kier alpha value is -2.92. The monoisotopic (exact) mass is 643 g/mol. The van der Waals surface area contributed by atoms with E-state index in [-0.39, 0.29) is 17.6 Å². The molecule has 3 aliphatic rings. The van der Waals surface area contributed by atoms with Gasteiger partial charge in [-0.3, -0.25) is 14.3 Å². The highest BCUT2D eigenvalue weighted by molar-refractivity contribution is 7.92. The van der Waals surface area contributed by atoms with E-state index in [2.05, 4.69) is 14.0 Å². The maximum atomic E-state index is 14.4. The second-order valence-corrected chi connectivity index (χ2v) is 14.6. The SMILES string of the molecule is CO[C@H]1/C=C/COC(C)(C)C(=O)N=[S@](=O)(NC(C)=O)c2ccc3c(c2)N(CCCCc2cc(Cl)ccc2CO3)C[C@@H]2CC[C@H]21. The van der Waals surface area contributed by atoms with Gasteiger partial charge in [0, 0.05) is 32.1 Å². The lowest BCUT2D eigenvalue weighted by atomic mass is 9.70. The molecule has 1 N–H and O–H groups in total. The zero-order valence-electron chi connectivity index (χ0n) is 25.8. The van der Waals surface area contributed by atoms with Gasteiger partial charge in [-0.2, -0.15) is 0 Å². The Labute approximate surface area is 265 Å². The minimum absolute atomic E-state index is 0.0857. The number of nitrogens with zero attached hydrogens (tertiary/aromatic N) is 2. The van der Waals surface area contributed by atoms with E-state index >= 15 is 0 Å². The van der Waals surface area contributed by atoms with E-state index in [1.165, 1.54) is 12.5 Å². The molecule has 1 aliphatic carbocycles. The first-order valence-electron chi connectivity index (χ1n) is 15.2. The summed E-state index contributed by atoms with van der Waals surface area (Å²) in [6.07, 6.45) is 8.64. The molecule has 9 nitrogen and oxygen atoms in total. The van der Waals surface area contributed by atoms with E-state index in [0.717, 1.165) is 56.4 Å². The summed E-state index contributed by atoms with van der Waals surface area (Å²) in [6, 6.07) is 11.0. The number of carbonyl (C=O) groups is 2. The van der Waals surface area contributed by atoms with Gasteiger partial charge in [-0.15, -0.1) is 4.36 Å². The van der Waals surface area contributed by atoms with Crippen molar-refractivity contribution in [2.24, 2.45) is 16.2 Å². The summed E-state index contributed by atoms with van der Waals surface area (Å²) < 4.78 is 39.2. The van der Waals surface area contributed by atoms with Gasteiger partial charge in [0.15, 0.2) is 9.92 Å². The predicted molar refractivity (Wildman–Crippen MR) is 171 cm³/mol. The van der Waals surface area contributed by atoms with Crippen LogP contribution >= 0.6 is 11.6 Å². The third-order valence-electron chi connectivity index (χ3n) is 8.77. The molecular formula is C33H42ClN3O6S. The highest BCUT2D eigenvalue weighted by Crippen LogP contribution is 2.42. The minimum Gasteiger partial charge on any atom is -0.487 e. The van der Waals surface area contributed by atoms with Crippen LogP contribution in [0.4, 0.5) is 5.69 Å². The molecule has 2 amide bonds. The van der Waals surface area contributed by atoms with Crippen molar-refractivity contribution in [1.82, 2.24) is 4.72 Å². The molecule has 1 saturated carbocycles. The molecule has 0 aromatic heterocycles. The van der Waals surface area contributed by atoms with Crippen molar-refractivity contribution in [2.45, 2.75) is 76.1 Å². The van der Waals surface area contributed by atoms with Crippen molar-refractivity contribution >= 4 is 39.0 Å². The number of benzene rings is 2. The number of methoxy groups -OCH3 is 1. The summed E-state index contributed by atoms with van der Waals surface area (Å²) in [6.45, 7) is 6.40. The number of hydrogen-bond donors (Lipinski definition) is 1. The lowest BCUT2D eigenvalue weighted by molar-refractivity contribution is -0.137. The lowest BCUT2D eigenvalue weighted by Crippen LogP contribution is -2.44. The largest absolute Gasteiger partial charge is 0.487 e. The summed E-state index contributed by atoms with van der Waals surface area (Å²) >= 11 is 6.34. The summed E-state index contributed by atoms with van der Waals surface area (Å²) in [5.74, 6) is -0.00583. The van der Waals surface area contributed by atoms with Gasteiger partial charge in [0.2, 0.25) is 5.91 Å². The second-order valence-electron chi connectivity index (χ2n) is 12.3. The Bertz CT molecular complexity index is 1550. The molecule has 44 heavy (non-hydrogen) atoms. The van der Waals surface area contributed by atoms with E-state index in [4.69, 9.17) is 25.8 Å². The number of hydrogen-bond acceptors (Lipinski definition) is 7. The van der Waals surface area contributed by atoms with Crippen LogP contribution in [0.3, 0.4) is 0 Å². The smallest absolute Gasteiger partial charge is 0.287 e. The maximum Gasteiger partial charge on any atom is 0.287 e. The Kier molecular flexibility index (Phi) is 10.0. The van der Waals surface area contributed by atoms with Gasteiger partial charge in [-0.05, 0) is 99.2 Å². The van der Waals surface area contributed by atoms with E-state index < -0.39 is 27.3 Å². The van der Waals surface area contributed by atoms with E-state index in [1.54, 1.807) is 39.2 Å². The summed E-state index contributed by atoms with van der Waals surface area (Å²) in [7, 11) is -1.97. The van der Waals surface area contributed by atoms with Gasteiger partial charge in [0.25, 0.3) is 5.91 Å². The van der Waals surface area contributed by atoms with Gasteiger partial charge in [-0.1, -0.05) is 29.8 Å². The molecule has 0 spiro atoms. The molecule has 2 bridgehead atoms. The molecule has 2 aromatic rings. The average molecular weight is 644 g/mol. The van der Waals surface area contributed by atoms with Crippen molar-refractivity contribution in [2.75, 3.05) is 31.7 Å². The van der Waals surface area contributed by atoms with Gasteiger partial charge in [0.1, 0.15) is 18.0 Å². The van der Waals surface area contributed by atoms with Crippen LogP contribution in [-0.2, 0) is 42.0 Å². The van der Waals surface area contributed by atoms with Crippen LogP contribution in [0.25, 0.3) is 0 Å². The summed E-state index contributed by atoms with van der Waals surface area (Å²) in [4.78, 5) is 28.2. The topological polar surface area (TPSA) is 107 Å². The van der Waals surface area contributed by atoms with Crippen molar-refractivity contribution in [3.63, 3.8) is 0 Å². The number of ether oxygens (including phenoxy) is 3. The van der Waals surface area contributed by atoms with Gasteiger partial charge in [-0.25, -0.2) is 4.21 Å². The number of amides is 2. The van der Waals surface area contributed by atoms with E-state index in [0.29, 0.717) is 29.2 Å². The molecule has 2 aromatic carbocycles. The fraction of sp³-hybridized carbons (Fsp3) is 0.515. The first kappa shape index (κ1) is 32.5. The molecular weight excluding hydrogens is 602 g/mol. The Balaban J connectivity index is 1.64. The number of carbonyl (C=O) groups excluding carboxylic acids is 2. The first-order valence-corrected chi connectivity index (χ1v) is 17.1. The first-order chi connectivity index (χ1) is 21.0. The standard InChI is InChI=1S/C33H42ClN3O6S/c1-22(38)35-44(40)27-13-15-31-29(19-27)37(16-6-5-8-23-18-26(34)12-10-25(23)21-42-31)20-24-11-14-28(24)30(41-4)9-7-17-43-33(2,3)32(39)36-44/h7,9-10,12-13,15,18-19,24,28,30H,5-6,8,11,14,16-17,20-21H2,1-4H3,(H,35,36,38,39,40)/b9-7+/t24-,28+,30-,44+/m0/s1. The normalized spacial score (nSPS) is 28.1. The van der Waals surface area contributed by atoms with Gasteiger partial charge >= 0.3 is 0 Å². The fourth-order valence-corrected chi connectivity index (χ4v) is 7.92. The highest BCUT2D eigenvalue weighted by Gasteiger charge is 2.38. The highest BCUT2D eigenvalue weighted by atomic mass is 35.5. The lowest BCUT2D eigenvalue weighted by Gasteiger charge is -2.43. The molecule has 5 rings (SSSR count). The molecule has 238 valence electrons. The summed E-state index contributed by atoms with van der Waals surface area (Å²) in [5.41, 5.74) is 1.59. The number of nitrogens with one attached hydrogen (secondary N) is 1. The second kappa shape index (κ2) is 13.6. The van der Waals surface area contributed by atoms with Gasteiger partial charge < -0.3 is 19.1 Å². The summed E-state index contributed by atoms with van der Waals surface area (Å²) in [5, 5.41) is 0.701. The van der Waals surface area contributed by atoms with Crippen molar-refractivity contribution in [3.8, 4) is 5.75 Å². The maximum absolute atomic E-state index is 14.4. The van der Waals surface area contributed by atoms with Crippen molar-refractivity contribution in [1.29, 1.82) is 0 Å². The van der Waals surface area contributed by atoms with E-state index in [1.807, 2.05) is 30.4 Å². The average Bonchev–Trinajstić information content (AvgIpc) is 2.98. The van der Waals surface area contributed by atoms with Crippen LogP contribution < -0.4 is 14.4 Å². The third-order valence-corrected chi connectivity index (χ3v) is 10.9. The van der Waals surface area contributed by atoms with Crippen LogP contribution in [0.15, 0.2) is 57.8 Å². The number of anilines is 1. The van der Waals surface area contributed by atoms with Gasteiger partial charge in [0.05, 0.1) is 23.3 Å². The minimum atomic E-state index is -3.70. The molecule has 0 unspecified atom stereocenters. The zero-order valence-corrected chi connectivity index (χ0v) is 27.4. The van der Waals surface area contributed by atoms with Crippen LogP contribution in [-0.4, -0.2) is 54.5 Å². The molecule has 0 saturated heterocycles. The number of fused-ring (bicyclic) bond motifs is 3. The van der Waals surface area contributed by atoms with Crippen LogP contribution in [0, 0.1) is 11.8 Å². The van der Waals surface area contributed by atoms with Crippen molar-refractivity contribution in [3.05, 3.63) is 64.7 Å². The van der Waals surface area contributed by atoms with Crippen molar-refractivity contribution < 1.29 is 28.0 Å². The van der Waals surface area contributed by atoms with Crippen LogP contribution in [0.5, 0.6) is 5.75 Å². The zero-order chi connectivity index (χ0) is 31.5. The Morgan fingerprint density at radius 2 is 1.98 bits per heavy atom. The molecule has 2 heterocycles. The number of rotatable bonds is 2. The third kappa shape index (κ3) is 7.30. The fourth-order valence-electron chi connectivity index (χ4n) is 6.09. The molecule has 2 aliphatic heterocycles. The molecule has 1 fully saturated rings.